The number of hydrogen-bond acceptors (Lipinski definition) is 4. The van der Waals surface area contributed by atoms with E-state index in [9.17, 15) is 13.2 Å². The predicted octanol–water partition coefficient (Wildman–Crippen LogP) is 2.81. The van der Waals surface area contributed by atoms with Crippen molar-refractivity contribution in [3.63, 3.8) is 0 Å². The van der Waals surface area contributed by atoms with Crippen LogP contribution in [0.1, 0.15) is 25.1 Å². The molecule has 1 rings (SSSR count). The highest BCUT2D eigenvalue weighted by atomic mass is 19.4. The van der Waals surface area contributed by atoms with Crippen LogP contribution in [0.15, 0.2) is 12.1 Å². The minimum atomic E-state index is -4.55. The van der Waals surface area contributed by atoms with Crippen molar-refractivity contribution in [2.45, 2.75) is 25.6 Å². The molecule has 0 fully saturated rings. The number of anilines is 1. The van der Waals surface area contributed by atoms with Crippen LogP contribution in [0.4, 0.5) is 19.0 Å². The Labute approximate surface area is 109 Å². The molecular formula is C12H14F3N3O. The van der Waals surface area contributed by atoms with Gasteiger partial charge >= 0.3 is 6.18 Å². The van der Waals surface area contributed by atoms with Gasteiger partial charge < -0.3 is 10.1 Å². The van der Waals surface area contributed by atoms with E-state index in [1.54, 1.807) is 19.9 Å². The molecule has 104 valence electrons. The van der Waals surface area contributed by atoms with Crippen molar-refractivity contribution in [2.24, 2.45) is 0 Å². The second kappa shape index (κ2) is 5.45. The number of rotatable bonds is 4. The molecule has 0 aliphatic rings. The molecule has 1 aromatic rings. The number of ether oxygens (including phenoxy) is 1. The number of pyridine rings is 1. The molecule has 0 spiro atoms. The quantitative estimate of drug-likeness (QED) is 0.916. The van der Waals surface area contributed by atoms with Crippen LogP contribution in [0, 0.1) is 11.3 Å². The summed E-state index contributed by atoms with van der Waals surface area (Å²) in [5, 5.41) is 11.7. The molecule has 0 aliphatic heterocycles. The van der Waals surface area contributed by atoms with Gasteiger partial charge in [0.05, 0.1) is 17.7 Å². The maximum Gasteiger partial charge on any atom is 0.433 e. The first kappa shape index (κ1) is 15.2. The van der Waals surface area contributed by atoms with Crippen molar-refractivity contribution >= 4 is 5.82 Å². The Morgan fingerprint density at radius 3 is 2.47 bits per heavy atom. The highest BCUT2D eigenvalue weighted by molar-refractivity contribution is 5.53. The lowest BCUT2D eigenvalue weighted by molar-refractivity contribution is -0.141. The van der Waals surface area contributed by atoms with Crippen LogP contribution in [0.25, 0.3) is 0 Å². The standard InChI is InChI=1S/C12H14F3N3O/c1-11(2,7-19-3)18-10-8(6-16)4-5-9(17-10)12(13,14)15/h4-5H,7H2,1-3H3,(H,17,18). The number of alkyl halides is 3. The molecule has 0 saturated carbocycles. The van der Waals surface area contributed by atoms with Gasteiger partial charge in [0.2, 0.25) is 0 Å². The maximum atomic E-state index is 12.6. The molecule has 0 radical (unpaired) electrons. The number of halogens is 3. The summed E-state index contributed by atoms with van der Waals surface area (Å²) < 4.78 is 42.7. The van der Waals surface area contributed by atoms with Crippen molar-refractivity contribution in [1.29, 1.82) is 5.26 Å². The number of hydrogen-bond donors (Lipinski definition) is 1. The van der Waals surface area contributed by atoms with E-state index < -0.39 is 17.4 Å². The summed E-state index contributed by atoms with van der Waals surface area (Å²) in [6.45, 7) is 3.73. The average Bonchev–Trinajstić information content (AvgIpc) is 2.27. The fourth-order valence-electron chi connectivity index (χ4n) is 1.52. The van der Waals surface area contributed by atoms with Crippen molar-refractivity contribution in [3.05, 3.63) is 23.4 Å². The Morgan fingerprint density at radius 2 is 2.00 bits per heavy atom. The minimum Gasteiger partial charge on any atom is -0.382 e. The molecule has 0 atom stereocenters. The Hall–Kier alpha value is -1.81. The Balaban J connectivity index is 3.14. The fourth-order valence-corrected chi connectivity index (χ4v) is 1.52. The van der Waals surface area contributed by atoms with Crippen molar-refractivity contribution in [3.8, 4) is 6.07 Å². The van der Waals surface area contributed by atoms with Gasteiger partial charge in [0.25, 0.3) is 0 Å². The maximum absolute atomic E-state index is 12.6. The number of nitrogens with one attached hydrogen (secondary N) is 1. The normalized spacial score (nSPS) is 12.1. The molecule has 7 heteroatoms. The molecule has 0 aliphatic carbocycles. The third-order valence-corrected chi connectivity index (χ3v) is 2.27. The second-order valence-electron chi connectivity index (χ2n) is 4.64. The molecule has 0 bridgehead atoms. The topological polar surface area (TPSA) is 57.9 Å². The summed E-state index contributed by atoms with van der Waals surface area (Å²) in [7, 11) is 1.48. The van der Waals surface area contributed by atoms with E-state index >= 15 is 0 Å². The van der Waals surface area contributed by atoms with Gasteiger partial charge in [-0.3, -0.25) is 0 Å². The molecule has 0 aromatic carbocycles. The van der Waals surface area contributed by atoms with Gasteiger partial charge in [0.15, 0.2) is 0 Å². The van der Waals surface area contributed by atoms with Crippen molar-refractivity contribution in [1.82, 2.24) is 4.98 Å². The largest absolute Gasteiger partial charge is 0.433 e. The first-order valence-electron chi connectivity index (χ1n) is 5.45. The van der Waals surface area contributed by atoms with E-state index in [1.807, 2.05) is 0 Å². The van der Waals surface area contributed by atoms with Gasteiger partial charge in [0.1, 0.15) is 17.6 Å². The molecule has 1 aromatic heterocycles. The zero-order valence-electron chi connectivity index (χ0n) is 10.8. The van der Waals surface area contributed by atoms with Gasteiger partial charge in [-0.05, 0) is 26.0 Å². The number of nitrogens with zero attached hydrogens (tertiary/aromatic N) is 2. The average molecular weight is 273 g/mol. The van der Waals surface area contributed by atoms with Crippen LogP contribution < -0.4 is 5.32 Å². The SMILES string of the molecule is COCC(C)(C)Nc1nc(C(F)(F)F)ccc1C#N. The summed E-state index contributed by atoms with van der Waals surface area (Å²) in [5.41, 5.74) is -1.63. The lowest BCUT2D eigenvalue weighted by atomic mass is 10.1. The van der Waals surface area contributed by atoms with E-state index in [0.29, 0.717) is 0 Å². The molecule has 19 heavy (non-hydrogen) atoms. The highest BCUT2D eigenvalue weighted by Crippen LogP contribution is 2.30. The molecule has 0 amide bonds. The van der Waals surface area contributed by atoms with Crippen molar-refractivity contribution < 1.29 is 17.9 Å². The lowest BCUT2D eigenvalue weighted by Crippen LogP contribution is -2.36. The monoisotopic (exact) mass is 273 g/mol. The summed E-state index contributed by atoms with van der Waals surface area (Å²) >= 11 is 0. The molecular weight excluding hydrogens is 259 g/mol. The summed E-state index contributed by atoms with van der Waals surface area (Å²) in [6, 6.07) is 3.69. The van der Waals surface area contributed by atoms with Crippen LogP contribution in [-0.4, -0.2) is 24.2 Å². The zero-order chi connectivity index (χ0) is 14.7. The van der Waals surface area contributed by atoms with Crippen LogP contribution in [0.3, 0.4) is 0 Å². The first-order chi connectivity index (χ1) is 8.69. The zero-order valence-corrected chi connectivity index (χ0v) is 10.8. The van der Waals surface area contributed by atoms with E-state index in [-0.39, 0.29) is 18.0 Å². The van der Waals surface area contributed by atoms with Gasteiger partial charge in [-0.15, -0.1) is 0 Å². The van der Waals surface area contributed by atoms with Crippen LogP contribution in [-0.2, 0) is 10.9 Å². The lowest BCUT2D eigenvalue weighted by Gasteiger charge is -2.26. The van der Waals surface area contributed by atoms with E-state index in [0.717, 1.165) is 12.1 Å². The van der Waals surface area contributed by atoms with Gasteiger partial charge in [-0.1, -0.05) is 0 Å². The van der Waals surface area contributed by atoms with Crippen LogP contribution in [0.2, 0.25) is 0 Å². The molecule has 0 unspecified atom stereocenters. The van der Waals surface area contributed by atoms with Gasteiger partial charge in [-0.25, -0.2) is 4.98 Å². The summed E-state index contributed by atoms with van der Waals surface area (Å²) in [4.78, 5) is 3.47. The van der Waals surface area contributed by atoms with Gasteiger partial charge in [0, 0.05) is 7.11 Å². The summed E-state index contributed by atoms with van der Waals surface area (Å²) in [6.07, 6.45) is -4.55. The van der Waals surface area contributed by atoms with Crippen LogP contribution in [0.5, 0.6) is 0 Å². The molecule has 1 heterocycles. The third kappa shape index (κ3) is 4.10. The predicted molar refractivity (Wildman–Crippen MR) is 63.5 cm³/mol. The molecule has 4 nitrogen and oxygen atoms in total. The smallest absolute Gasteiger partial charge is 0.382 e. The third-order valence-electron chi connectivity index (χ3n) is 2.27. The molecule has 1 N–H and O–H groups in total. The number of methoxy groups -OCH3 is 1. The van der Waals surface area contributed by atoms with E-state index in [1.165, 1.54) is 7.11 Å². The van der Waals surface area contributed by atoms with E-state index in [2.05, 4.69) is 10.3 Å². The Morgan fingerprint density at radius 1 is 1.37 bits per heavy atom. The Bertz CT molecular complexity index is 492. The van der Waals surface area contributed by atoms with Gasteiger partial charge in [-0.2, -0.15) is 18.4 Å². The minimum absolute atomic E-state index is 0.0529. The first-order valence-corrected chi connectivity index (χ1v) is 5.45. The highest BCUT2D eigenvalue weighted by Gasteiger charge is 2.33. The Kier molecular flexibility index (Phi) is 4.37. The molecule has 0 saturated heterocycles. The van der Waals surface area contributed by atoms with Crippen molar-refractivity contribution in [2.75, 3.05) is 19.0 Å². The second-order valence-corrected chi connectivity index (χ2v) is 4.64. The fraction of sp³-hybridized carbons (Fsp3) is 0.500. The summed E-state index contributed by atoms with van der Waals surface area (Å²) in [5.74, 6) is -0.0978. The van der Waals surface area contributed by atoms with E-state index in [4.69, 9.17) is 10.00 Å². The number of nitriles is 1. The van der Waals surface area contributed by atoms with Crippen LogP contribution >= 0.6 is 0 Å². The number of aromatic nitrogens is 1.